The van der Waals surface area contributed by atoms with E-state index in [2.05, 4.69) is 43.4 Å². The summed E-state index contributed by atoms with van der Waals surface area (Å²) in [6.07, 6.45) is 3.75. The second-order valence-corrected chi connectivity index (χ2v) is 5.01. The Kier molecular flexibility index (Phi) is 3.42. The molecule has 1 aliphatic carbocycles. The van der Waals surface area contributed by atoms with Gasteiger partial charge in [0, 0.05) is 6.04 Å². The van der Waals surface area contributed by atoms with E-state index in [0.29, 0.717) is 6.04 Å². The summed E-state index contributed by atoms with van der Waals surface area (Å²) in [6.45, 7) is 5.68. The third-order valence-electron chi connectivity index (χ3n) is 3.16. The molecule has 0 heterocycles. The normalized spacial score (nSPS) is 20.3. The lowest BCUT2D eigenvalue weighted by Crippen LogP contribution is -2.36. The highest BCUT2D eigenvalue weighted by Crippen LogP contribution is 2.20. The summed E-state index contributed by atoms with van der Waals surface area (Å²) in [4.78, 5) is 0. The number of benzene rings is 1. The average molecular weight is 203 g/mol. The van der Waals surface area contributed by atoms with Gasteiger partial charge in [0.15, 0.2) is 0 Å². The van der Waals surface area contributed by atoms with Crippen LogP contribution in [0.15, 0.2) is 24.3 Å². The zero-order valence-electron chi connectivity index (χ0n) is 9.79. The van der Waals surface area contributed by atoms with Gasteiger partial charge in [-0.3, -0.25) is 0 Å². The van der Waals surface area contributed by atoms with E-state index >= 15 is 0 Å². The summed E-state index contributed by atoms with van der Waals surface area (Å²) in [5.74, 6) is 0.752. The van der Waals surface area contributed by atoms with Crippen molar-refractivity contribution in [2.24, 2.45) is 5.92 Å². The third kappa shape index (κ3) is 2.82. The predicted octanol–water partition coefficient (Wildman–Crippen LogP) is 2.79. The minimum Gasteiger partial charge on any atom is -0.313 e. The van der Waals surface area contributed by atoms with Crippen LogP contribution in [0.5, 0.6) is 0 Å². The van der Waals surface area contributed by atoms with Crippen molar-refractivity contribution < 1.29 is 0 Å². The van der Waals surface area contributed by atoms with Gasteiger partial charge >= 0.3 is 0 Å². The summed E-state index contributed by atoms with van der Waals surface area (Å²) in [6, 6.07) is 9.55. The lowest BCUT2D eigenvalue weighted by Gasteiger charge is -2.26. The second kappa shape index (κ2) is 4.80. The molecule has 2 rings (SSSR count). The molecule has 1 aliphatic rings. The molecule has 0 aliphatic heterocycles. The zero-order chi connectivity index (χ0) is 10.7. The monoisotopic (exact) mass is 203 g/mol. The quantitative estimate of drug-likeness (QED) is 0.796. The van der Waals surface area contributed by atoms with E-state index in [9.17, 15) is 0 Å². The maximum absolute atomic E-state index is 3.66. The molecule has 0 unspecified atom stereocenters. The minimum atomic E-state index is 0.697. The summed E-state index contributed by atoms with van der Waals surface area (Å²) in [5, 5.41) is 3.66. The molecule has 1 aromatic carbocycles. The molecule has 0 radical (unpaired) electrons. The first-order chi connectivity index (χ1) is 7.25. The SMILES string of the molecule is CC(C)CN[C@@H]1CCc2ccccc2C1. The Balaban J connectivity index is 1.94. The van der Waals surface area contributed by atoms with Crippen molar-refractivity contribution >= 4 is 0 Å². The molecule has 0 amide bonds. The van der Waals surface area contributed by atoms with Gasteiger partial charge < -0.3 is 5.32 Å². The Morgan fingerprint density at radius 2 is 2.00 bits per heavy atom. The van der Waals surface area contributed by atoms with Crippen LogP contribution in [0.2, 0.25) is 0 Å². The van der Waals surface area contributed by atoms with Crippen LogP contribution in [-0.2, 0) is 12.8 Å². The summed E-state index contributed by atoms with van der Waals surface area (Å²) < 4.78 is 0. The topological polar surface area (TPSA) is 12.0 Å². The Labute approximate surface area is 92.9 Å². The molecule has 82 valence electrons. The van der Waals surface area contributed by atoms with Crippen molar-refractivity contribution in [3.63, 3.8) is 0 Å². The van der Waals surface area contributed by atoms with Crippen LogP contribution in [0.3, 0.4) is 0 Å². The Morgan fingerprint density at radius 1 is 1.27 bits per heavy atom. The molecule has 1 heteroatoms. The second-order valence-electron chi connectivity index (χ2n) is 5.01. The minimum absolute atomic E-state index is 0.697. The molecule has 0 spiro atoms. The molecular weight excluding hydrogens is 182 g/mol. The predicted molar refractivity (Wildman–Crippen MR) is 65.1 cm³/mol. The molecule has 0 fully saturated rings. The highest BCUT2D eigenvalue weighted by molar-refractivity contribution is 5.30. The number of fused-ring (bicyclic) bond motifs is 1. The van der Waals surface area contributed by atoms with Crippen molar-refractivity contribution in [1.82, 2.24) is 5.32 Å². The molecular formula is C14H21N. The Bertz CT molecular complexity index is 317. The highest BCUT2D eigenvalue weighted by atomic mass is 14.9. The molecule has 1 N–H and O–H groups in total. The fourth-order valence-corrected chi connectivity index (χ4v) is 2.27. The Hall–Kier alpha value is -0.820. The first-order valence-corrected chi connectivity index (χ1v) is 6.06. The lowest BCUT2D eigenvalue weighted by molar-refractivity contribution is 0.425. The van der Waals surface area contributed by atoms with E-state index in [-0.39, 0.29) is 0 Å². The van der Waals surface area contributed by atoms with Crippen LogP contribution in [0.4, 0.5) is 0 Å². The van der Waals surface area contributed by atoms with Gasteiger partial charge in [0.1, 0.15) is 0 Å². The van der Waals surface area contributed by atoms with Gasteiger partial charge in [-0.1, -0.05) is 38.1 Å². The number of aryl methyl sites for hydroxylation is 1. The number of hydrogen-bond donors (Lipinski definition) is 1. The first-order valence-electron chi connectivity index (χ1n) is 6.06. The van der Waals surface area contributed by atoms with Gasteiger partial charge in [0.2, 0.25) is 0 Å². The molecule has 0 saturated carbocycles. The van der Waals surface area contributed by atoms with E-state index in [0.717, 1.165) is 12.5 Å². The molecule has 0 saturated heterocycles. The van der Waals surface area contributed by atoms with Gasteiger partial charge in [-0.15, -0.1) is 0 Å². The van der Waals surface area contributed by atoms with Gasteiger partial charge in [-0.25, -0.2) is 0 Å². The van der Waals surface area contributed by atoms with E-state index < -0.39 is 0 Å². The van der Waals surface area contributed by atoms with E-state index in [1.807, 2.05) is 0 Å². The van der Waals surface area contributed by atoms with Crippen molar-refractivity contribution in [2.75, 3.05) is 6.54 Å². The smallest absolute Gasteiger partial charge is 0.0111 e. The van der Waals surface area contributed by atoms with Gasteiger partial charge in [0.05, 0.1) is 0 Å². The van der Waals surface area contributed by atoms with Crippen LogP contribution in [0, 0.1) is 5.92 Å². The summed E-state index contributed by atoms with van der Waals surface area (Å²) >= 11 is 0. The van der Waals surface area contributed by atoms with Gasteiger partial charge in [-0.05, 0) is 42.9 Å². The molecule has 1 nitrogen and oxygen atoms in total. The number of nitrogens with one attached hydrogen (secondary N) is 1. The zero-order valence-corrected chi connectivity index (χ0v) is 9.79. The third-order valence-corrected chi connectivity index (χ3v) is 3.16. The maximum atomic E-state index is 3.66. The molecule has 15 heavy (non-hydrogen) atoms. The van der Waals surface area contributed by atoms with Crippen molar-refractivity contribution in [2.45, 2.75) is 39.2 Å². The summed E-state index contributed by atoms with van der Waals surface area (Å²) in [5.41, 5.74) is 3.10. The average Bonchev–Trinajstić information content (AvgIpc) is 2.26. The van der Waals surface area contributed by atoms with Crippen LogP contribution in [0.1, 0.15) is 31.4 Å². The molecule has 1 aromatic rings. The molecule has 0 bridgehead atoms. The first kappa shape index (κ1) is 10.7. The summed E-state index contributed by atoms with van der Waals surface area (Å²) in [7, 11) is 0. The Morgan fingerprint density at radius 3 is 2.73 bits per heavy atom. The van der Waals surface area contributed by atoms with Crippen LogP contribution in [-0.4, -0.2) is 12.6 Å². The van der Waals surface area contributed by atoms with Gasteiger partial charge in [-0.2, -0.15) is 0 Å². The van der Waals surface area contributed by atoms with E-state index in [1.54, 1.807) is 11.1 Å². The largest absolute Gasteiger partial charge is 0.313 e. The lowest BCUT2D eigenvalue weighted by atomic mass is 9.88. The fourth-order valence-electron chi connectivity index (χ4n) is 2.27. The fraction of sp³-hybridized carbons (Fsp3) is 0.571. The van der Waals surface area contributed by atoms with Gasteiger partial charge in [0.25, 0.3) is 0 Å². The maximum Gasteiger partial charge on any atom is 0.0111 e. The van der Waals surface area contributed by atoms with Crippen LogP contribution >= 0.6 is 0 Å². The van der Waals surface area contributed by atoms with Crippen molar-refractivity contribution in [3.05, 3.63) is 35.4 Å². The number of hydrogen-bond acceptors (Lipinski definition) is 1. The molecule has 0 aromatic heterocycles. The van der Waals surface area contributed by atoms with E-state index in [1.165, 1.54) is 19.3 Å². The number of rotatable bonds is 3. The molecule has 1 atom stereocenters. The van der Waals surface area contributed by atoms with Crippen LogP contribution < -0.4 is 5.32 Å². The van der Waals surface area contributed by atoms with Crippen molar-refractivity contribution in [1.29, 1.82) is 0 Å². The highest BCUT2D eigenvalue weighted by Gasteiger charge is 2.17. The standard InChI is InChI=1S/C14H21N/c1-11(2)10-15-14-8-7-12-5-3-4-6-13(12)9-14/h3-6,11,14-15H,7-10H2,1-2H3/t14-/m1/s1. The van der Waals surface area contributed by atoms with Crippen molar-refractivity contribution in [3.8, 4) is 0 Å². The van der Waals surface area contributed by atoms with E-state index in [4.69, 9.17) is 0 Å². The van der Waals surface area contributed by atoms with Crippen LogP contribution in [0.25, 0.3) is 0 Å².